The Morgan fingerprint density at radius 2 is 1.71 bits per heavy atom. The normalized spacial score (nSPS) is 11.7. The lowest BCUT2D eigenvalue weighted by molar-refractivity contribution is 0.316. The Morgan fingerprint density at radius 3 is 2.35 bits per heavy atom. The number of hydrogen-bond donors (Lipinski definition) is 1. The number of nitrogens with one attached hydrogen (secondary N) is 1. The van der Waals surface area contributed by atoms with Crippen LogP contribution in [0.3, 0.4) is 0 Å². The average molecular weight is 486 g/mol. The van der Waals surface area contributed by atoms with Crippen LogP contribution in [0.4, 0.5) is 5.69 Å². The van der Waals surface area contributed by atoms with E-state index in [-0.39, 0.29) is 22.2 Å². The maximum Gasteiger partial charge on any atom is 0.328 e. The van der Waals surface area contributed by atoms with Gasteiger partial charge in [0.2, 0.25) is 0 Å². The Balaban J connectivity index is 1.80. The number of ether oxygens (including phenoxy) is 2. The topological polar surface area (TPSA) is 109 Å². The van der Waals surface area contributed by atoms with Gasteiger partial charge in [-0.1, -0.05) is 13.0 Å². The van der Waals surface area contributed by atoms with Gasteiger partial charge in [0.15, 0.2) is 10.8 Å². The van der Waals surface area contributed by atoms with Crippen LogP contribution in [-0.2, 0) is 31.2 Å². The van der Waals surface area contributed by atoms with Crippen LogP contribution in [0.2, 0.25) is 0 Å². The summed E-state index contributed by atoms with van der Waals surface area (Å²) in [5.41, 5.74) is 1.08. The lowest BCUT2D eigenvalue weighted by Crippen LogP contribution is -2.19. The molecule has 0 bridgehead atoms. The largest absolute Gasteiger partial charge is 0.493 e. The first-order chi connectivity index (χ1) is 16.1. The van der Waals surface area contributed by atoms with Crippen LogP contribution >= 0.6 is 0 Å². The molecule has 34 heavy (non-hydrogen) atoms. The van der Waals surface area contributed by atoms with Crippen LogP contribution in [0.15, 0.2) is 52.4 Å². The predicted octanol–water partition coefficient (Wildman–Crippen LogP) is 3.30. The van der Waals surface area contributed by atoms with Crippen molar-refractivity contribution < 1.29 is 17.9 Å². The Morgan fingerprint density at radius 1 is 1.03 bits per heavy atom. The van der Waals surface area contributed by atoms with E-state index < -0.39 is 10.0 Å². The molecule has 10 nitrogen and oxygen atoms in total. The van der Waals surface area contributed by atoms with Gasteiger partial charge in [0.05, 0.1) is 23.3 Å². The van der Waals surface area contributed by atoms with Crippen molar-refractivity contribution in [1.29, 1.82) is 0 Å². The molecule has 180 valence electrons. The van der Waals surface area contributed by atoms with Gasteiger partial charge in [0.25, 0.3) is 10.0 Å². The second kappa shape index (κ2) is 8.90. The van der Waals surface area contributed by atoms with E-state index in [1.165, 1.54) is 15.3 Å². The number of anilines is 1. The molecule has 0 aliphatic rings. The smallest absolute Gasteiger partial charge is 0.328 e. The summed E-state index contributed by atoms with van der Waals surface area (Å²) in [5, 5.41) is -0.115. The first-order valence-electron chi connectivity index (χ1n) is 10.7. The van der Waals surface area contributed by atoms with Crippen LogP contribution in [0, 0.1) is 6.92 Å². The second-order valence-corrected chi connectivity index (χ2v) is 9.64. The zero-order chi connectivity index (χ0) is 24.6. The number of hydrogen-bond acceptors (Lipinski definition) is 6. The van der Waals surface area contributed by atoms with Gasteiger partial charge in [0.1, 0.15) is 17.3 Å². The summed E-state index contributed by atoms with van der Waals surface area (Å²) in [5.74, 6) is 1.89. The van der Waals surface area contributed by atoms with Crippen LogP contribution in [0.1, 0.15) is 19.2 Å². The van der Waals surface area contributed by atoms with Crippen molar-refractivity contribution in [2.45, 2.75) is 25.3 Å². The van der Waals surface area contributed by atoms with Gasteiger partial charge in [-0.05, 0) is 31.5 Å². The maximum atomic E-state index is 13.1. The van der Waals surface area contributed by atoms with E-state index in [1.54, 1.807) is 63.0 Å². The molecular formula is C23H27N5O5S. The van der Waals surface area contributed by atoms with Crippen molar-refractivity contribution in [3.8, 4) is 17.2 Å². The zero-order valence-electron chi connectivity index (χ0n) is 19.7. The molecule has 0 aliphatic carbocycles. The number of aromatic nitrogens is 4. The lowest BCUT2D eigenvalue weighted by Gasteiger charge is -2.14. The molecule has 2 aromatic carbocycles. The molecule has 0 saturated heterocycles. The number of nitrogens with zero attached hydrogens (tertiary/aromatic N) is 4. The summed E-state index contributed by atoms with van der Waals surface area (Å²) < 4.78 is 45.1. The number of imidazole rings is 2. The van der Waals surface area contributed by atoms with E-state index in [4.69, 9.17) is 9.47 Å². The Kier molecular flexibility index (Phi) is 6.13. The summed E-state index contributed by atoms with van der Waals surface area (Å²) >= 11 is 0. The van der Waals surface area contributed by atoms with Gasteiger partial charge in [-0.3, -0.25) is 13.9 Å². The van der Waals surface area contributed by atoms with Gasteiger partial charge in [-0.15, -0.1) is 0 Å². The average Bonchev–Trinajstić information content (AvgIpc) is 3.25. The van der Waals surface area contributed by atoms with Crippen LogP contribution in [0.25, 0.3) is 11.0 Å². The van der Waals surface area contributed by atoms with Gasteiger partial charge in [0, 0.05) is 39.5 Å². The van der Waals surface area contributed by atoms with Crippen LogP contribution in [0.5, 0.6) is 17.2 Å². The minimum absolute atomic E-state index is 0.115. The summed E-state index contributed by atoms with van der Waals surface area (Å²) in [6.07, 6.45) is 2.30. The lowest BCUT2D eigenvalue weighted by atomic mass is 10.2. The highest BCUT2D eigenvalue weighted by Crippen LogP contribution is 2.35. The number of benzene rings is 2. The molecule has 1 N–H and O–H groups in total. The van der Waals surface area contributed by atoms with Crippen molar-refractivity contribution in [2.75, 3.05) is 11.3 Å². The van der Waals surface area contributed by atoms with Gasteiger partial charge in [-0.2, -0.15) is 8.42 Å². The summed E-state index contributed by atoms with van der Waals surface area (Å²) in [7, 11) is 0.974. The van der Waals surface area contributed by atoms with Crippen LogP contribution in [-0.4, -0.2) is 33.7 Å². The number of sulfonamides is 1. The molecule has 2 aromatic heterocycles. The minimum Gasteiger partial charge on any atom is -0.493 e. The van der Waals surface area contributed by atoms with Crippen molar-refractivity contribution in [3.05, 3.63) is 58.9 Å². The third kappa shape index (κ3) is 4.38. The quantitative estimate of drug-likeness (QED) is 0.410. The molecule has 4 rings (SSSR count). The maximum absolute atomic E-state index is 13.1. The predicted molar refractivity (Wildman–Crippen MR) is 129 cm³/mol. The Labute approximate surface area is 197 Å². The molecule has 0 fully saturated rings. The standard InChI is InChI=1S/C23H27N5O5S/c1-6-10-32-16-8-7-9-17(11-16)33-21-13-20-19(27(4)23(29)28(20)5)12-18(21)25-34(30,31)22-14-26(3)15(2)24-22/h7-9,11-14,25H,6,10H2,1-5H3. The number of fused-ring (bicyclic) bond motifs is 1. The fourth-order valence-electron chi connectivity index (χ4n) is 3.52. The van der Waals surface area contributed by atoms with Gasteiger partial charge >= 0.3 is 5.69 Å². The van der Waals surface area contributed by atoms with Crippen molar-refractivity contribution in [1.82, 2.24) is 18.7 Å². The molecule has 2 heterocycles. The molecule has 0 radical (unpaired) electrons. The Bertz CT molecular complexity index is 1510. The summed E-state index contributed by atoms with van der Waals surface area (Å²) in [6, 6.07) is 10.3. The summed E-state index contributed by atoms with van der Waals surface area (Å²) in [4.78, 5) is 16.6. The summed E-state index contributed by atoms with van der Waals surface area (Å²) in [6.45, 7) is 4.30. The van der Waals surface area contributed by atoms with Crippen molar-refractivity contribution in [2.24, 2.45) is 21.1 Å². The van der Waals surface area contributed by atoms with E-state index in [1.807, 2.05) is 13.0 Å². The molecule has 0 unspecified atom stereocenters. The minimum atomic E-state index is -4.02. The van der Waals surface area contributed by atoms with Crippen LogP contribution < -0.4 is 19.9 Å². The third-order valence-corrected chi connectivity index (χ3v) is 6.72. The molecule has 0 amide bonds. The molecule has 0 atom stereocenters. The molecule has 0 saturated carbocycles. The van der Waals surface area contributed by atoms with Crippen molar-refractivity contribution >= 4 is 26.7 Å². The molecule has 0 aliphatic heterocycles. The third-order valence-electron chi connectivity index (χ3n) is 5.49. The van der Waals surface area contributed by atoms with E-state index in [9.17, 15) is 13.2 Å². The van der Waals surface area contributed by atoms with Gasteiger partial charge in [-0.25, -0.2) is 9.78 Å². The number of aryl methyl sites for hydroxylation is 4. The van der Waals surface area contributed by atoms with E-state index in [0.29, 0.717) is 35.0 Å². The van der Waals surface area contributed by atoms with Crippen molar-refractivity contribution in [3.63, 3.8) is 0 Å². The highest BCUT2D eigenvalue weighted by molar-refractivity contribution is 7.92. The Hall–Kier alpha value is -3.73. The fourth-order valence-corrected chi connectivity index (χ4v) is 4.62. The fraction of sp³-hybridized carbons (Fsp3) is 0.304. The van der Waals surface area contributed by atoms with E-state index in [2.05, 4.69) is 9.71 Å². The molecule has 4 aromatic rings. The first kappa shape index (κ1) is 23.4. The van der Waals surface area contributed by atoms with E-state index in [0.717, 1.165) is 6.42 Å². The first-order valence-corrected chi connectivity index (χ1v) is 12.2. The zero-order valence-corrected chi connectivity index (χ0v) is 20.5. The SMILES string of the molecule is CCCOc1cccc(Oc2cc3c(cc2NS(=O)(=O)c2cn(C)c(C)n2)n(C)c(=O)n3C)c1. The second-order valence-electron chi connectivity index (χ2n) is 8.01. The monoisotopic (exact) mass is 485 g/mol. The molecular weight excluding hydrogens is 458 g/mol. The number of rotatable bonds is 8. The molecule has 0 spiro atoms. The highest BCUT2D eigenvalue weighted by atomic mass is 32.2. The van der Waals surface area contributed by atoms with E-state index >= 15 is 0 Å². The molecule has 11 heteroatoms. The van der Waals surface area contributed by atoms with Gasteiger partial charge < -0.3 is 14.0 Å². The highest BCUT2D eigenvalue weighted by Gasteiger charge is 2.23.